The molecule has 0 radical (unpaired) electrons. The number of benzene rings is 1. The molecule has 1 aliphatic rings. The van der Waals surface area contributed by atoms with Gasteiger partial charge in [-0.3, -0.25) is 14.3 Å². The van der Waals surface area contributed by atoms with Gasteiger partial charge in [0.15, 0.2) is 0 Å². The molecule has 0 spiro atoms. The predicted molar refractivity (Wildman–Crippen MR) is 112 cm³/mol. The first kappa shape index (κ1) is 22.7. The third-order valence-corrected chi connectivity index (χ3v) is 5.13. The Morgan fingerprint density at radius 3 is 2.38 bits per heavy atom. The van der Waals surface area contributed by atoms with E-state index in [9.17, 15) is 9.59 Å². The maximum atomic E-state index is 12.9. The van der Waals surface area contributed by atoms with Crippen molar-refractivity contribution in [3.8, 4) is 5.75 Å². The molecule has 0 bridgehead atoms. The topological polar surface area (TPSA) is 79.7 Å². The third kappa shape index (κ3) is 4.89. The molecule has 1 aliphatic heterocycles. The van der Waals surface area contributed by atoms with E-state index in [1.165, 1.54) is 0 Å². The normalized spacial score (nSPS) is 14.9. The molecular formula is C20H28ClN5O3. The quantitative estimate of drug-likeness (QED) is 0.789. The van der Waals surface area contributed by atoms with Gasteiger partial charge in [0.2, 0.25) is 5.91 Å². The Morgan fingerprint density at radius 1 is 1.17 bits per heavy atom. The Hall–Kier alpha value is -2.58. The third-order valence-electron chi connectivity index (χ3n) is 5.13. The van der Waals surface area contributed by atoms with Gasteiger partial charge in [-0.25, -0.2) is 0 Å². The van der Waals surface area contributed by atoms with Gasteiger partial charge in [0.1, 0.15) is 11.8 Å². The minimum atomic E-state index is -0.433. The van der Waals surface area contributed by atoms with Gasteiger partial charge >= 0.3 is 0 Å². The van der Waals surface area contributed by atoms with Crippen LogP contribution in [0.1, 0.15) is 27.5 Å². The summed E-state index contributed by atoms with van der Waals surface area (Å²) >= 11 is 0. The highest BCUT2D eigenvalue weighted by molar-refractivity contribution is 5.95. The standard InChI is InChI=1S/C20H27N5O3.ClH/c1-14-5-6-15(11-17(14)28-4)19(26)24-7-9-25(10-8-24)20(27)18(21-2)16-12-22-23(3)13-16;/h5-6,11-13,18,21H,7-10H2,1-4H3;1H. The first-order valence-electron chi connectivity index (χ1n) is 9.33. The summed E-state index contributed by atoms with van der Waals surface area (Å²) in [4.78, 5) is 29.3. The molecule has 8 nitrogen and oxygen atoms in total. The second-order valence-electron chi connectivity index (χ2n) is 6.97. The lowest BCUT2D eigenvalue weighted by molar-refractivity contribution is -0.135. The minimum absolute atomic E-state index is 0. The van der Waals surface area contributed by atoms with Crippen LogP contribution in [-0.4, -0.2) is 71.7 Å². The van der Waals surface area contributed by atoms with E-state index in [0.717, 1.165) is 11.1 Å². The molecule has 3 rings (SSSR count). The zero-order valence-electron chi connectivity index (χ0n) is 17.2. The van der Waals surface area contributed by atoms with Crippen LogP contribution in [0.15, 0.2) is 30.6 Å². The average molecular weight is 422 g/mol. The van der Waals surface area contributed by atoms with Crippen LogP contribution in [0.2, 0.25) is 0 Å². The van der Waals surface area contributed by atoms with Crippen LogP contribution in [0.4, 0.5) is 0 Å². The van der Waals surface area contributed by atoms with Crippen LogP contribution in [-0.2, 0) is 11.8 Å². The van der Waals surface area contributed by atoms with Gasteiger partial charge in [0.25, 0.3) is 5.91 Å². The van der Waals surface area contributed by atoms with E-state index in [-0.39, 0.29) is 24.2 Å². The number of likely N-dealkylation sites (N-methyl/N-ethyl adjacent to an activating group) is 1. The van der Waals surface area contributed by atoms with Crippen molar-refractivity contribution in [3.63, 3.8) is 0 Å². The summed E-state index contributed by atoms with van der Waals surface area (Å²) in [5.74, 6) is 0.662. The van der Waals surface area contributed by atoms with Crippen LogP contribution in [0.25, 0.3) is 0 Å². The number of halogens is 1. The Bertz CT molecular complexity index is 862. The van der Waals surface area contributed by atoms with Crippen molar-refractivity contribution in [2.45, 2.75) is 13.0 Å². The van der Waals surface area contributed by atoms with Gasteiger partial charge in [-0.15, -0.1) is 12.4 Å². The van der Waals surface area contributed by atoms with Gasteiger partial charge in [0, 0.05) is 50.6 Å². The summed E-state index contributed by atoms with van der Waals surface area (Å²) in [6, 6.07) is 5.04. The number of methoxy groups -OCH3 is 1. The Kier molecular flexibility index (Phi) is 7.64. The van der Waals surface area contributed by atoms with Crippen molar-refractivity contribution < 1.29 is 14.3 Å². The zero-order valence-corrected chi connectivity index (χ0v) is 18.0. The molecule has 0 aliphatic carbocycles. The van der Waals surface area contributed by atoms with Crippen LogP contribution in [0, 0.1) is 6.92 Å². The zero-order chi connectivity index (χ0) is 20.3. The van der Waals surface area contributed by atoms with E-state index in [0.29, 0.717) is 37.5 Å². The maximum absolute atomic E-state index is 12.9. The van der Waals surface area contributed by atoms with E-state index in [1.807, 2.05) is 32.3 Å². The van der Waals surface area contributed by atoms with Crippen LogP contribution < -0.4 is 10.1 Å². The van der Waals surface area contributed by atoms with Gasteiger partial charge in [-0.05, 0) is 31.7 Å². The number of hydrogen-bond donors (Lipinski definition) is 1. The number of piperazine rings is 1. The second-order valence-corrected chi connectivity index (χ2v) is 6.97. The fourth-order valence-corrected chi connectivity index (χ4v) is 3.47. The second kappa shape index (κ2) is 9.76. The van der Waals surface area contributed by atoms with Gasteiger partial charge in [-0.2, -0.15) is 5.10 Å². The molecule has 1 fully saturated rings. The molecule has 1 atom stereocenters. The summed E-state index contributed by atoms with van der Waals surface area (Å²) in [6.07, 6.45) is 3.53. The molecule has 2 heterocycles. The summed E-state index contributed by atoms with van der Waals surface area (Å²) in [5.41, 5.74) is 2.42. The summed E-state index contributed by atoms with van der Waals surface area (Å²) in [7, 11) is 5.19. The van der Waals surface area contributed by atoms with Gasteiger partial charge in [0.05, 0.1) is 13.3 Å². The number of carbonyl (C=O) groups is 2. The number of rotatable bonds is 5. The number of aryl methyl sites for hydroxylation is 2. The number of amides is 2. The fraction of sp³-hybridized carbons (Fsp3) is 0.450. The Labute approximate surface area is 177 Å². The van der Waals surface area contributed by atoms with Crippen LogP contribution >= 0.6 is 12.4 Å². The molecule has 2 amide bonds. The Balaban J connectivity index is 0.00000300. The molecule has 1 aromatic heterocycles. The lowest BCUT2D eigenvalue weighted by atomic mass is 10.1. The molecule has 1 aromatic carbocycles. The van der Waals surface area contributed by atoms with E-state index >= 15 is 0 Å². The molecule has 158 valence electrons. The van der Waals surface area contributed by atoms with Crippen molar-refractivity contribution >= 4 is 24.2 Å². The summed E-state index contributed by atoms with van der Waals surface area (Å²) < 4.78 is 7.00. The predicted octanol–water partition coefficient (Wildman–Crippen LogP) is 1.40. The number of aromatic nitrogens is 2. The van der Waals surface area contributed by atoms with Crippen molar-refractivity contribution in [2.75, 3.05) is 40.3 Å². The van der Waals surface area contributed by atoms with E-state index in [2.05, 4.69) is 10.4 Å². The van der Waals surface area contributed by atoms with Crippen LogP contribution in [0.3, 0.4) is 0 Å². The van der Waals surface area contributed by atoms with E-state index in [4.69, 9.17) is 4.74 Å². The fourth-order valence-electron chi connectivity index (χ4n) is 3.47. The largest absolute Gasteiger partial charge is 0.496 e. The number of hydrogen-bond acceptors (Lipinski definition) is 5. The number of nitrogens with one attached hydrogen (secondary N) is 1. The maximum Gasteiger partial charge on any atom is 0.254 e. The highest BCUT2D eigenvalue weighted by Gasteiger charge is 2.30. The average Bonchev–Trinajstić information content (AvgIpc) is 3.14. The number of ether oxygens (including phenoxy) is 1. The molecule has 0 saturated carbocycles. The van der Waals surface area contributed by atoms with Crippen molar-refractivity contribution in [1.29, 1.82) is 0 Å². The summed E-state index contributed by atoms with van der Waals surface area (Å²) in [5, 5.41) is 7.21. The lowest BCUT2D eigenvalue weighted by Crippen LogP contribution is -2.52. The van der Waals surface area contributed by atoms with E-state index in [1.54, 1.807) is 40.9 Å². The molecule has 2 aromatic rings. The van der Waals surface area contributed by atoms with Crippen LogP contribution in [0.5, 0.6) is 5.75 Å². The Morgan fingerprint density at radius 2 is 1.83 bits per heavy atom. The minimum Gasteiger partial charge on any atom is -0.496 e. The van der Waals surface area contributed by atoms with Gasteiger partial charge < -0.3 is 19.9 Å². The van der Waals surface area contributed by atoms with Crippen molar-refractivity contribution in [2.24, 2.45) is 7.05 Å². The molecule has 29 heavy (non-hydrogen) atoms. The first-order chi connectivity index (χ1) is 13.4. The van der Waals surface area contributed by atoms with Crippen molar-refractivity contribution in [3.05, 3.63) is 47.3 Å². The number of carbonyl (C=O) groups excluding carboxylic acids is 2. The smallest absolute Gasteiger partial charge is 0.254 e. The first-order valence-corrected chi connectivity index (χ1v) is 9.33. The molecule has 1 unspecified atom stereocenters. The highest BCUT2D eigenvalue weighted by atomic mass is 35.5. The SMILES string of the molecule is CNC(C(=O)N1CCN(C(=O)c2ccc(C)c(OC)c2)CC1)c1cnn(C)c1.Cl. The van der Waals surface area contributed by atoms with Gasteiger partial charge in [-0.1, -0.05) is 6.07 Å². The number of nitrogens with zero attached hydrogens (tertiary/aromatic N) is 4. The highest BCUT2D eigenvalue weighted by Crippen LogP contribution is 2.21. The molecular weight excluding hydrogens is 394 g/mol. The molecule has 1 saturated heterocycles. The van der Waals surface area contributed by atoms with Crippen molar-refractivity contribution in [1.82, 2.24) is 24.9 Å². The monoisotopic (exact) mass is 421 g/mol. The summed E-state index contributed by atoms with van der Waals surface area (Å²) in [6.45, 7) is 3.96. The van der Waals surface area contributed by atoms with E-state index < -0.39 is 6.04 Å². The lowest BCUT2D eigenvalue weighted by Gasteiger charge is -2.36. The molecule has 9 heteroatoms. The molecule has 1 N–H and O–H groups in total.